The van der Waals surface area contributed by atoms with Crippen LogP contribution in [0.5, 0.6) is 6.01 Å². The van der Waals surface area contributed by atoms with Crippen molar-refractivity contribution >= 4 is 34.2 Å². The van der Waals surface area contributed by atoms with Gasteiger partial charge in [-0.05, 0) is 93.3 Å². The number of aryl methyl sites for hydroxylation is 1. The number of amides is 1. The average Bonchev–Trinajstić information content (AvgIpc) is 3.64. The fourth-order valence-corrected chi connectivity index (χ4v) is 8.32. The number of hydrogen-bond donors (Lipinski definition) is 0. The first-order valence-electron chi connectivity index (χ1n) is 16.1. The van der Waals surface area contributed by atoms with Crippen molar-refractivity contribution in [1.82, 2.24) is 19.8 Å². The van der Waals surface area contributed by atoms with Gasteiger partial charge in [0.25, 0.3) is 5.91 Å². The fraction of sp³-hybridized carbons (Fsp3) is 0.486. The molecule has 4 aliphatic rings. The molecular weight excluding hydrogens is 591 g/mol. The number of carbonyl (C=O) groups excluding carboxylic acids is 1. The second-order valence-corrected chi connectivity index (χ2v) is 13.3. The Balaban J connectivity index is 1.29. The molecule has 4 heterocycles. The molecule has 8 nitrogen and oxygen atoms in total. The predicted molar refractivity (Wildman–Crippen MR) is 174 cm³/mol. The monoisotopic (exact) mass is 628 g/mol. The normalized spacial score (nSPS) is 21.0. The lowest BCUT2D eigenvalue weighted by Crippen LogP contribution is -2.56. The number of nitrogens with zero attached hydrogens (tertiary/aromatic N) is 6. The first-order chi connectivity index (χ1) is 21.9. The maximum atomic E-state index is 13.9. The number of aromatic nitrogens is 2. The first kappa shape index (κ1) is 29.9. The van der Waals surface area contributed by atoms with E-state index in [4.69, 9.17) is 32.9 Å². The maximum Gasteiger partial charge on any atom is 0.319 e. The minimum absolute atomic E-state index is 0.0359. The van der Waals surface area contributed by atoms with Crippen LogP contribution in [0.25, 0.3) is 26.9 Å². The highest BCUT2D eigenvalue weighted by Gasteiger charge is 2.45. The van der Waals surface area contributed by atoms with E-state index in [0.29, 0.717) is 36.5 Å². The van der Waals surface area contributed by atoms with E-state index >= 15 is 0 Å². The number of rotatable bonds is 7. The molecule has 0 unspecified atom stereocenters. The van der Waals surface area contributed by atoms with Crippen LogP contribution in [0.15, 0.2) is 42.7 Å². The summed E-state index contributed by atoms with van der Waals surface area (Å²) < 4.78 is 20.3. The summed E-state index contributed by atoms with van der Waals surface area (Å²) in [5.41, 5.74) is 5.59. The standard InChI is InChI=1S/C35H38ClFN6O2/c1-23(37)33(44)43-17-16-41(21-25(43)20-38-2)32-29-18-30(36)28(27-11-5-9-24-8-3-4-10-26(24)27)19-31(29)39-34(40-32)45-22-35-12-6-14-42(35)15-7-13-35/h5,9,11,18-19,25H,1,3-4,6-8,10,12-17,20-22H2/t25-/m0/s1. The number of fused-ring (bicyclic) bond motifs is 3. The predicted octanol–water partition coefficient (Wildman–Crippen LogP) is 6.26. The van der Waals surface area contributed by atoms with Gasteiger partial charge in [-0.3, -0.25) is 9.69 Å². The molecule has 234 valence electrons. The molecule has 0 radical (unpaired) electrons. The lowest BCUT2D eigenvalue weighted by Gasteiger charge is -2.39. The Morgan fingerprint density at radius 3 is 2.67 bits per heavy atom. The zero-order valence-electron chi connectivity index (χ0n) is 25.5. The van der Waals surface area contributed by atoms with Gasteiger partial charge in [0.1, 0.15) is 18.5 Å². The third-order valence-electron chi connectivity index (χ3n) is 10.3. The number of benzene rings is 2. The molecule has 10 heteroatoms. The van der Waals surface area contributed by atoms with Crippen molar-refractivity contribution in [1.29, 1.82) is 0 Å². The third kappa shape index (κ3) is 5.53. The Labute approximate surface area is 268 Å². The topological polar surface area (TPSA) is 66.2 Å². The summed E-state index contributed by atoms with van der Waals surface area (Å²) in [5.74, 6) is -1.14. The molecule has 2 aromatic carbocycles. The quantitative estimate of drug-likeness (QED) is 0.227. The zero-order valence-corrected chi connectivity index (χ0v) is 26.3. The van der Waals surface area contributed by atoms with Gasteiger partial charge < -0.3 is 19.4 Å². The van der Waals surface area contributed by atoms with Gasteiger partial charge in [0.2, 0.25) is 6.54 Å². The second-order valence-electron chi connectivity index (χ2n) is 12.9. The second kappa shape index (κ2) is 12.2. The molecule has 7 rings (SSSR count). The van der Waals surface area contributed by atoms with E-state index in [0.717, 1.165) is 67.2 Å². The molecule has 0 saturated carbocycles. The summed E-state index contributed by atoms with van der Waals surface area (Å²) in [6.45, 7) is 14.4. The Kier molecular flexibility index (Phi) is 8.13. The summed E-state index contributed by atoms with van der Waals surface area (Å²) in [6.07, 6.45) is 9.03. The molecule has 1 aromatic heterocycles. The average molecular weight is 629 g/mol. The molecule has 45 heavy (non-hydrogen) atoms. The summed E-state index contributed by atoms with van der Waals surface area (Å²) >= 11 is 7.06. The van der Waals surface area contributed by atoms with Crippen molar-refractivity contribution in [2.75, 3.05) is 50.8 Å². The van der Waals surface area contributed by atoms with Gasteiger partial charge in [0.15, 0.2) is 5.83 Å². The molecule has 0 bridgehead atoms. The molecule has 0 spiro atoms. The van der Waals surface area contributed by atoms with Gasteiger partial charge in [0.05, 0.1) is 11.1 Å². The number of carbonyl (C=O) groups is 1. The molecule has 0 N–H and O–H groups in total. The molecule has 3 aliphatic heterocycles. The summed E-state index contributed by atoms with van der Waals surface area (Å²) in [7, 11) is 0. The van der Waals surface area contributed by atoms with Crippen LogP contribution in [0.3, 0.4) is 0 Å². The lowest BCUT2D eigenvalue weighted by molar-refractivity contribution is -0.131. The summed E-state index contributed by atoms with van der Waals surface area (Å²) in [4.78, 5) is 32.0. The molecule has 1 amide bonds. The van der Waals surface area contributed by atoms with E-state index in [1.54, 1.807) is 0 Å². The van der Waals surface area contributed by atoms with Crippen LogP contribution in [0.4, 0.5) is 10.2 Å². The van der Waals surface area contributed by atoms with Crippen LogP contribution < -0.4 is 9.64 Å². The lowest BCUT2D eigenvalue weighted by atomic mass is 9.86. The highest BCUT2D eigenvalue weighted by atomic mass is 35.5. The Bertz CT molecular complexity index is 1700. The Morgan fingerprint density at radius 2 is 1.89 bits per heavy atom. The van der Waals surface area contributed by atoms with Crippen molar-refractivity contribution in [3.05, 3.63) is 70.3 Å². The number of piperazine rings is 1. The zero-order chi connectivity index (χ0) is 31.1. The fourth-order valence-electron chi connectivity index (χ4n) is 8.05. The summed E-state index contributed by atoms with van der Waals surface area (Å²) in [6, 6.07) is 10.3. The van der Waals surface area contributed by atoms with Crippen LogP contribution in [0, 0.1) is 6.57 Å². The molecule has 1 aliphatic carbocycles. The van der Waals surface area contributed by atoms with Gasteiger partial charge >= 0.3 is 6.01 Å². The first-order valence-corrected chi connectivity index (χ1v) is 16.5. The number of ether oxygens (including phenoxy) is 1. The van der Waals surface area contributed by atoms with Crippen LogP contribution in [0.1, 0.15) is 49.7 Å². The minimum atomic E-state index is -1.02. The van der Waals surface area contributed by atoms with Gasteiger partial charge in [-0.25, -0.2) is 11.0 Å². The largest absolute Gasteiger partial charge is 0.461 e. The van der Waals surface area contributed by atoms with Gasteiger partial charge in [0, 0.05) is 35.6 Å². The van der Waals surface area contributed by atoms with E-state index < -0.39 is 17.8 Å². The van der Waals surface area contributed by atoms with Crippen molar-refractivity contribution < 1.29 is 13.9 Å². The number of anilines is 1. The van der Waals surface area contributed by atoms with Crippen LogP contribution in [-0.4, -0.2) is 83.1 Å². The molecule has 1 atom stereocenters. The van der Waals surface area contributed by atoms with E-state index in [1.165, 1.54) is 35.3 Å². The van der Waals surface area contributed by atoms with Gasteiger partial charge in [-0.15, -0.1) is 0 Å². The smallest absolute Gasteiger partial charge is 0.319 e. The highest BCUT2D eigenvalue weighted by Crippen LogP contribution is 2.41. The Hall–Kier alpha value is -3.74. The van der Waals surface area contributed by atoms with Crippen molar-refractivity contribution in [2.45, 2.75) is 62.9 Å². The van der Waals surface area contributed by atoms with E-state index in [1.807, 2.05) is 11.0 Å². The van der Waals surface area contributed by atoms with Crippen LogP contribution in [-0.2, 0) is 17.6 Å². The molecule has 3 fully saturated rings. The highest BCUT2D eigenvalue weighted by molar-refractivity contribution is 6.34. The van der Waals surface area contributed by atoms with E-state index in [9.17, 15) is 9.18 Å². The van der Waals surface area contributed by atoms with Gasteiger partial charge in [-0.1, -0.05) is 36.4 Å². The van der Waals surface area contributed by atoms with Crippen molar-refractivity contribution in [3.63, 3.8) is 0 Å². The number of hydrogen-bond acceptors (Lipinski definition) is 6. The van der Waals surface area contributed by atoms with E-state index in [-0.39, 0.29) is 18.6 Å². The maximum absolute atomic E-state index is 13.9. The van der Waals surface area contributed by atoms with Crippen molar-refractivity contribution in [2.24, 2.45) is 0 Å². The third-order valence-corrected chi connectivity index (χ3v) is 10.6. The molecule has 3 saturated heterocycles. The van der Waals surface area contributed by atoms with E-state index in [2.05, 4.69) is 40.6 Å². The molecule has 3 aromatic rings. The van der Waals surface area contributed by atoms with Crippen LogP contribution in [0.2, 0.25) is 5.02 Å². The Morgan fingerprint density at radius 1 is 1.09 bits per heavy atom. The van der Waals surface area contributed by atoms with Gasteiger partial charge in [-0.2, -0.15) is 9.97 Å². The number of halogens is 2. The molecular formula is C35H38ClFN6O2. The minimum Gasteiger partial charge on any atom is -0.461 e. The van der Waals surface area contributed by atoms with Crippen LogP contribution >= 0.6 is 11.6 Å². The van der Waals surface area contributed by atoms with Crippen molar-refractivity contribution in [3.8, 4) is 17.1 Å². The summed E-state index contributed by atoms with van der Waals surface area (Å²) in [5, 5.41) is 1.39. The SMILES string of the molecule is [C-]#[N+]C[C@H]1CN(c2nc(OCC34CCCN3CCC4)nc3cc(-c4cccc5c4CCCC5)c(Cl)cc23)CCN1C(=O)C(=C)F.